The summed E-state index contributed by atoms with van der Waals surface area (Å²) in [6, 6.07) is 0.867. The van der Waals surface area contributed by atoms with Gasteiger partial charge >= 0.3 is 8.80 Å². The minimum Gasteiger partial charge on any atom is -0.374 e. The summed E-state index contributed by atoms with van der Waals surface area (Å²) in [7, 11) is -2.67. The first-order valence-corrected chi connectivity index (χ1v) is 11.4. The molecule has 134 valence electrons. The Morgan fingerprint density at radius 1 is 1.09 bits per heavy atom. The zero-order valence-corrected chi connectivity index (χ0v) is 15.7. The Labute approximate surface area is 141 Å². The molecule has 5 nitrogen and oxygen atoms in total. The van der Waals surface area contributed by atoms with E-state index in [9.17, 15) is 0 Å². The maximum atomic E-state index is 6.59. The van der Waals surface area contributed by atoms with Gasteiger partial charge in [-0.3, -0.25) is 0 Å². The maximum Gasteiger partial charge on any atom is 0.503 e. The second-order valence-corrected chi connectivity index (χ2v) is 9.58. The summed E-state index contributed by atoms with van der Waals surface area (Å²) in [5, 5.41) is 0. The zero-order valence-electron chi connectivity index (χ0n) is 14.7. The summed E-state index contributed by atoms with van der Waals surface area (Å²) in [5.74, 6) is 0.100. The van der Waals surface area contributed by atoms with Crippen molar-refractivity contribution in [1.29, 1.82) is 0 Å². The predicted octanol–water partition coefficient (Wildman–Crippen LogP) is 3.50. The Balaban J connectivity index is 1.62. The number of rotatable bonds is 11. The molecule has 0 bridgehead atoms. The molecular formula is C17H32O5Si. The smallest absolute Gasteiger partial charge is 0.374 e. The normalized spacial score (nSPS) is 31.3. The lowest BCUT2D eigenvalue weighted by Crippen LogP contribution is -2.51. The number of hydrogen-bond donors (Lipinski definition) is 0. The molecule has 2 heterocycles. The molecule has 2 atom stereocenters. The van der Waals surface area contributed by atoms with Gasteiger partial charge < -0.3 is 22.8 Å². The van der Waals surface area contributed by atoms with E-state index in [2.05, 4.69) is 0 Å². The van der Waals surface area contributed by atoms with Crippen LogP contribution in [0.15, 0.2) is 0 Å². The van der Waals surface area contributed by atoms with Crippen molar-refractivity contribution < 1.29 is 22.8 Å². The van der Waals surface area contributed by atoms with Crippen molar-refractivity contribution in [2.45, 2.75) is 76.7 Å². The predicted molar refractivity (Wildman–Crippen MR) is 89.1 cm³/mol. The van der Waals surface area contributed by atoms with Crippen molar-refractivity contribution in [3.8, 4) is 0 Å². The van der Waals surface area contributed by atoms with Gasteiger partial charge in [0.2, 0.25) is 0 Å². The molecular weight excluding hydrogens is 312 g/mol. The maximum absolute atomic E-state index is 6.59. The van der Waals surface area contributed by atoms with E-state index in [0.29, 0.717) is 31.8 Å². The molecule has 3 rings (SSSR count). The van der Waals surface area contributed by atoms with Crippen molar-refractivity contribution in [3.05, 3.63) is 0 Å². The average molecular weight is 345 g/mol. The number of ether oxygens (including phenoxy) is 2. The average Bonchev–Trinajstić information content (AvgIpc) is 3.46. The Hall–Kier alpha value is 0.0169. The quantitative estimate of drug-likeness (QED) is 0.424. The van der Waals surface area contributed by atoms with Crippen molar-refractivity contribution in [2.75, 3.05) is 26.4 Å². The highest BCUT2D eigenvalue weighted by molar-refractivity contribution is 6.60. The molecule has 2 saturated heterocycles. The Kier molecular flexibility index (Phi) is 6.15. The lowest BCUT2D eigenvalue weighted by atomic mass is 9.85. The largest absolute Gasteiger partial charge is 0.503 e. The summed E-state index contributed by atoms with van der Waals surface area (Å²) >= 11 is 0. The molecule has 0 amide bonds. The highest BCUT2D eigenvalue weighted by Gasteiger charge is 2.59. The molecule has 0 aromatic heterocycles. The fourth-order valence-corrected chi connectivity index (χ4v) is 6.69. The van der Waals surface area contributed by atoms with Crippen molar-refractivity contribution in [1.82, 2.24) is 0 Å². The van der Waals surface area contributed by atoms with E-state index in [1.165, 1.54) is 32.1 Å². The van der Waals surface area contributed by atoms with Crippen molar-refractivity contribution >= 4 is 8.80 Å². The molecule has 1 aliphatic carbocycles. The van der Waals surface area contributed by atoms with Gasteiger partial charge in [0.05, 0.1) is 12.7 Å². The first-order valence-electron chi connectivity index (χ1n) is 9.45. The van der Waals surface area contributed by atoms with Gasteiger partial charge in [0.1, 0.15) is 6.61 Å². The van der Waals surface area contributed by atoms with Crippen LogP contribution in [0.25, 0.3) is 0 Å². The third kappa shape index (κ3) is 4.77. The van der Waals surface area contributed by atoms with Crippen molar-refractivity contribution in [3.63, 3.8) is 0 Å². The molecule has 0 radical (unpaired) electrons. The van der Waals surface area contributed by atoms with Crippen LogP contribution in [0.3, 0.4) is 0 Å². The molecule has 2 aliphatic heterocycles. The summed E-state index contributed by atoms with van der Waals surface area (Å²) in [4.78, 5) is 0. The lowest BCUT2D eigenvalue weighted by Gasteiger charge is -2.36. The third-order valence-electron chi connectivity index (χ3n) is 5.12. The summed E-state index contributed by atoms with van der Waals surface area (Å²) in [6.45, 7) is 6.93. The highest BCUT2D eigenvalue weighted by Crippen LogP contribution is 2.46. The van der Waals surface area contributed by atoms with E-state index in [1.54, 1.807) is 0 Å². The molecule has 0 spiro atoms. The number of epoxide rings is 2. The Morgan fingerprint density at radius 2 is 1.74 bits per heavy atom. The monoisotopic (exact) mass is 344 g/mol. The van der Waals surface area contributed by atoms with Crippen LogP contribution >= 0.6 is 0 Å². The summed E-state index contributed by atoms with van der Waals surface area (Å²) < 4.78 is 30.0. The molecule has 2 unspecified atom stereocenters. The SMILES string of the molecule is CCO[Si](CCCC1CO1)(OCC)OC1(C2CCCCC2)CO1. The van der Waals surface area contributed by atoms with E-state index in [4.69, 9.17) is 22.8 Å². The summed E-state index contributed by atoms with van der Waals surface area (Å²) in [5.41, 5.74) is 0. The zero-order chi connectivity index (χ0) is 16.2. The number of hydrogen-bond acceptors (Lipinski definition) is 5. The van der Waals surface area contributed by atoms with Gasteiger partial charge in [-0.25, -0.2) is 0 Å². The van der Waals surface area contributed by atoms with Crippen LogP contribution in [-0.2, 0) is 22.8 Å². The van der Waals surface area contributed by atoms with Crippen LogP contribution in [0.5, 0.6) is 0 Å². The third-order valence-corrected chi connectivity index (χ3v) is 8.20. The summed E-state index contributed by atoms with van der Waals surface area (Å²) in [6.07, 6.45) is 8.90. The molecule has 3 fully saturated rings. The molecule has 3 aliphatic rings. The van der Waals surface area contributed by atoms with Gasteiger partial charge in [-0.15, -0.1) is 0 Å². The topological polar surface area (TPSA) is 52.8 Å². The second kappa shape index (κ2) is 7.93. The van der Waals surface area contributed by atoms with Crippen LogP contribution in [0.4, 0.5) is 0 Å². The van der Waals surface area contributed by atoms with Gasteiger partial charge in [0.15, 0.2) is 5.79 Å². The van der Waals surface area contributed by atoms with Crippen LogP contribution in [0.2, 0.25) is 6.04 Å². The van der Waals surface area contributed by atoms with E-state index in [1.807, 2.05) is 13.8 Å². The molecule has 23 heavy (non-hydrogen) atoms. The van der Waals surface area contributed by atoms with Crippen LogP contribution in [-0.4, -0.2) is 47.1 Å². The lowest BCUT2D eigenvalue weighted by molar-refractivity contribution is -0.0703. The van der Waals surface area contributed by atoms with E-state index < -0.39 is 14.6 Å². The van der Waals surface area contributed by atoms with E-state index in [0.717, 1.165) is 25.5 Å². The van der Waals surface area contributed by atoms with Crippen molar-refractivity contribution in [2.24, 2.45) is 5.92 Å². The van der Waals surface area contributed by atoms with E-state index in [-0.39, 0.29) is 0 Å². The highest BCUT2D eigenvalue weighted by atomic mass is 28.4. The molecule has 0 aromatic carbocycles. The first-order chi connectivity index (χ1) is 11.2. The standard InChI is InChI=1S/C17H32O5Si/c1-3-20-23(21-4-2,12-8-11-16-13-18-16)22-17(14-19-17)15-9-6-5-7-10-15/h15-16H,3-14H2,1-2H3. The van der Waals surface area contributed by atoms with Gasteiger partial charge in [0.25, 0.3) is 0 Å². The molecule has 1 saturated carbocycles. The van der Waals surface area contributed by atoms with Crippen LogP contribution in [0.1, 0.15) is 58.8 Å². The fourth-order valence-electron chi connectivity index (χ4n) is 3.77. The van der Waals surface area contributed by atoms with Crippen LogP contribution in [0, 0.1) is 5.92 Å². The second-order valence-electron chi connectivity index (χ2n) is 6.93. The fraction of sp³-hybridized carbons (Fsp3) is 1.00. The van der Waals surface area contributed by atoms with Gasteiger partial charge in [-0.1, -0.05) is 19.3 Å². The van der Waals surface area contributed by atoms with Gasteiger partial charge in [-0.05, 0) is 39.5 Å². The van der Waals surface area contributed by atoms with Crippen LogP contribution < -0.4 is 0 Å². The molecule has 6 heteroatoms. The first kappa shape index (κ1) is 17.8. The Bertz CT molecular complexity index is 358. The Morgan fingerprint density at radius 3 is 2.26 bits per heavy atom. The minimum atomic E-state index is -2.67. The minimum absolute atomic E-state index is 0.410. The van der Waals surface area contributed by atoms with Gasteiger partial charge in [0, 0.05) is 25.2 Å². The van der Waals surface area contributed by atoms with E-state index >= 15 is 0 Å². The molecule has 0 N–H and O–H groups in total. The molecule has 0 aromatic rings. The van der Waals surface area contributed by atoms with Gasteiger partial charge in [-0.2, -0.15) is 0 Å².